The Morgan fingerprint density at radius 2 is 0.412 bits per heavy atom. The van der Waals surface area contributed by atoms with Gasteiger partial charge in [-0.2, -0.15) is 0 Å². The van der Waals surface area contributed by atoms with Crippen molar-refractivity contribution < 1.29 is 92.2 Å². The van der Waals surface area contributed by atoms with Crippen LogP contribution in [0.4, 0.5) is 0 Å². The SMILES string of the molecule is O=S(=O)([O-])[O-].O=S(=O)([O-])[O-].O=S(=O)([O-])[O-].[Os].[Os]. The smallest absolute Gasteiger partial charge is 0.0311 e. The number of hydrogen-bond acceptors (Lipinski definition) is 12. The molecular weight excluding hydrogens is 669 g/mol. The second-order valence-electron chi connectivity index (χ2n) is 1.22. The van der Waals surface area contributed by atoms with Crippen LogP contribution in [0.2, 0.25) is 0 Å². The molecule has 0 N–H and O–H groups in total. The van der Waals surface area contributed by atoms with Crippen LogP contribution in [0.3, 0.4) is 0 Å². The molecule has 0 radical (unpaired) electrons. The zero-order chi connectivity index (χ0) is 13.5. The van der Waals surface area contributed by atoms with Crippen molar-refractivity contribution in [1.29, 1.82) is 0 Å². The third kappa shape index (κ3) is 4800. The molecule has 0 amide bonds. The van der Waals surface area contributed by atoms with Gasteiger partial charge in [0.1, 0.15) is 0 Å². The Morgan fingerprint density at radius 3 is 0.412 bits per heavy atom. The summed E-state index contributed by atoms with van der Waals surface area (Å²) in [7, 11) is -15.5. The Labute approximate surface area is 123 Å². The van der Waals surface area contributed by atoms with E-state index in [1.54, 1.807) is 0 Å². The van der Waals surface area contributed by atoms with Gasteiger partial charge in [0.05, 0.1) is 0 Å². The zero-order valence-corrected chi connectivity index (χ0v) is 14.4. The Kier molecular flexibility index (Phi) is 21.6. The maximum atomic E-state index is 8.52. The summed E-state index contributed by atoms with van der Waals surface area (Å²) < 4.78 is 102. The first-order valence-electron chi connectivity index (χ1n) is 2.00. The fourth-order valence-corrected chi connectivity index (χ4v) is 0. The van der Waals surface area contributed by atoms with E-state index in [-0.39, 0.29) is 39.6 Å². The maximum absolute atomic E-state index is 8.52. The van der Waals surface area contributed by atoms with E-state index in [9.17, 15) is 0 Å². The molecule has 12 nitrogen and oxygen atoms in total. The van der Waals surface area contributed by atoms with E-state index in [0.29, 0.717) is 0 Å². The zero-order valence-electron chi connectivity index (χ0n) is 6.83. The Bertz CT molecular complexity index is 341. The van der Waals surface area contributed by atoms with Crippen molar-refractivity contribution in [1.82, 2.24) is 0 Å². The summed E-state index contributed by atoms with van der Waals surface area (Å²) in [6.45, 7) is 0. The predicted molar refractivity (Wildman–Crippen MR) is 31.4 cm³/mol. The summed E-state index contributed by atoms with van der Waals surface area (Å²) in [6, 6.07) is 0. The quantitative estimate of drug-likeness (QED) is 0.177. The van der Waals surface area contributed by atoms with Crippen LogP contribution in [0.25, 0.3) is 0 Å². The summed E-state index contributed by atoms with van der Waals surface area (Å²) in [6.07, 6.45) is 0. The average Bonchev–Trinajstić information content (AvgIpc) is 1.41. The largest absolute Gasteiger partial charge is 0.759 e. The van der Waals surface area contributed by atoms with E-state index in [4.69, 9.17) is 52.6 Å². The fourth-order valence-electron chi connectivity index (χ4n) is 0. The molecule has 0 atom stereocenters. The summed E-state index contributed by atoms with van der Waals surface area (Å²) in [5.74, 6) is 0. The monoisotopic (exact) mass is 672 g/mol. The second kappa shape index (κ2) is 11.9. The van der Waals surface area contributed by atoms with Crippen LogP contribution in [0, 0.1) is 0 Å². The molecule has 0 aromatic heterocycles. The molecule has 17 heavy (non-hydrogen) atoms. The molecule has 0 heterocycles. The molecule has 0 bridgehead atoms. The van der Waals surface area contributed by atoms with Gasteiger partial charge in [0.15, 0.2) is 0 Å². The molecule has 0 aromatic carbocycles. The maximum Gasteiger partial charge on any atom is 0.0311 e. The number of hydrogen-bond donors (Lipinski definition) is 0. The first kappa shape index (κ1) is 30.7. The topological polar surface area (TPSA) is 241 Å². The molecule has 0 aromatic rings. The van der Waals surface area contributed by atoms with Gasteiger partial charge in [-0.15, -0.1) is 0 Å². The third-order valence-electron chi connectivity index (χ3n) is 0. The molecule has 17 heteroatoms. The third-order valence-corrected chi connectivity index (χ3v) is 0. The molecular formula is O12Os2S3-6. The molecule has 0 saturated heterocycles. The molecule has 112 valence electrons. The van der Waals surface area contributed by atoms with Gasteiger partial charge in [-0.3, -0.25) is 25.3 Å². The minimum atomic E-state index is -5.17. The van der Waals surface area contributed by atoms with Gasteiger partial charge in [-0.05, 0) is 0 Å². The minimum Gasteiger partial charge on any atom is -0.759 e. The van der Waals surface area contributed by atoms with E-state index >= 15 is 0 Å². The second-order valence-corrected chi connectivity index (χ2v) is 3.67. The van der Waals surface area contributed by atoms with Crippen molar-refractivity contribution in [3.63, 3.8) is 0 Å². The van der Waals surface area contributed by atoms with Gasteiger partial charge in [0.25, 0.3) is 0 Å². The van der Waals surface area contributed by atoms with Crippen LogP contribution in [0.5, 0.6) is 0 Å². The molecule has 0 aliphatic rings. The van der Waals surface area contributed by atoms with Crippen molar-refractivity contribution >= 4 is 31.2 Å². The summed E-state index contributed by atoms with van der Waals surface area (Å²) in [4.78, 5) is 0. The van der Waals surface area contributed by atoms with Crippen molar-refractivity contribution in [2.45, 2.75) is 0 Å². The normalized spacial score (nSPS) is 10.2. The Hall–Kier alpha value is 0.883. The average molecular weight is 669 g/mol. The molecule has 0 saturated carbocycles. The molecule has 0 rings (SSSR count). The summed E-state index contributed by atoms with van der Waals surface area (Å²) in [5, 5.41) is 0. The molecule has 0 spiro atoms. The van der Waals surface area contributed by atoms with E-state index in [1.165, 1.54) is 0 Å². The van der Waals surface area contributed by atoms with Crippen molar-refractivity contribution in [2.24, 2.45) is 0 Å². The van der Waals surface area contributed by atoms with Gasteiger partial charge >= 0.3 is 0 Å². The van der Waals surface area contributed by atoms with Crippen molar-refractivity contribution in [2.75, 3.05) is 0 Å². The first-order chi connectivity index (χ1) is 6.00. The van der Waals surface area contributed by atoms with Crippen LogP contribution < -0.4 is 0 Å². The van der Waals surface area contributed by atoms with Crippen LogP contribution in [-0.4, -0.2) is 52.6 Å². The summed E-state index contributed by atoms with van der Waals surface area (Å²) in [5.41, 5.74) is 0. The van der Waals surface area contributed by atoms with Crippen LogP contribution >= 0.6 is 0 Å². The van der Waals surface area contributed by atoms with Crippen LogP contribution in [-0.2, 0) is 70.8 Å². The molecule has 0 aliphatic heterocycles. The molecule has 0 fully saturated rings. The van der Waals surface area contributed by atoms with Gasteiger partial charge in [-0.25, -0.2) is 0 Å². The van der Waals surface area contributed by atoms with Gasteiger partial charge < -0.3 is 27.3 Å². The van der Waals surface area contributed by atoms with Crippen LogP contribution in [0.1, 0.15) is 0 Å². The first-order valence-corrected chi connectivity index (χ1v) is 6.00. The minimum absolute atomic E-state index is 0. The standard InChI is InChI=1S/3H2O4S.2Os/c3*1-5(2,3)4;;/h3*(H2,1,2,3,4);;/p-6. The summed E-state index contributed by atoms with van der Waals surface area (Å²) >= 11 is 0. The predicted octanol–water partition coefficient (Wildman–Crippen LogP) is -4.02. The van der Waals surface area contributed by atoms with Gasteiger partial charge in [-0.1, -0.05) is 0 Å². The van der Waals surface area contributed by atoms with E-state index in [2.05, 4.69) is 0 Å². The van der Waals surface area contributed by atoms with Crippen molar-refractivity contribution in [3.05, 3.63) is 0 Å². The van der Waals surface area contributed by atoms with Gasteiger partial charge in [0.2, 0.25) is 0 Å². The Balaban J connectivity index is -0.0000000400. The van der Waals surface area contributed by atoms with E-state index < -0.39 is 31.2 Å². The van der Waals surface area contributed by atoms with Crippen molar-refractivity contribution in [3.8, 4) is 0 Å². The molecule has 0 aliphatic carbocycles. The number of rotatable bonds is 0. The van der Waals surface area contributed by atoms with E-state index in [0.717, 1.165) is 0 Å². The Morgan fingerprint density at radius 1 is 0.412 bits per heavy atom. The van der Waals surface area contributed by atoms with Crippen LogP contribution in [0.15, 0.2) is 0 Å². The fraction of sp³-hybridized carbons (Fsp3) is 0. The molecule has 0 unspecified atom stereocenters. The van der Waals surface area contributed by atoms with Gasteiger partial charge in [0, 0.05) is 70.8 Å². The van der Waals surface area contributed by atoms with E-state index in [1.807, 2.05) is 0 Å².